The average Bonchev–Trinajstić information content (AvgIpc) is 2.95. The van der Waals surface area contributed by atoms with E-state index in [4.69, 9.17) is 16.3 Å². The van der Waals surface area contributed by atoms with Crippen molar-refractivity contribution in [2.24, 2.45) is 13.0 Å². The molecule has 0 aliphatic heterocycles. The number of nitrogens with one attached hydrogen (secondary N) is 1. The molecule has 0 spiro atoms. The molecule has 0 unspecified atom stereocenters. The van der Waals surface area contributed by atoms with Gasteiger partial charge >= 0.3 is 5.97 Å². The van der Waals surface area contributed by atoms with Gasteiger partial charge in [0.1, 0.15) is 11.7 Å². The van der Waals surface area contributed by atoms with Gasteiger partial charge in [-0.15, -0.1) is 0 Å². The molecule has 7 heteroatoms. The second-order valence-corrected chi connectivity index (χ2v) is 6.66. The number of amides is 1. The summed E-state index contributed by atoms with van der Waals surface area (Å²) in [6, 6.07) is 8.20. The van der Waals surface area contributed by atoms with Gasteiger partial charge in [0.05, 0.1) is 12.8 Å². The van der Waals surface area contributed by atoms with Crippen LogP contribution < -0.4 is 5.32 Å². The molecule has 0 aliphatic rings. The molecule has 0 aliphatic carbocycles. The summed E-state index contributed by atoms with van der Waals surface area (Å²) in [5.41, 5.74) is 1.87. The minimum absolute atomic E-state index is 0.237. The third-order valence-corrected chi connectivity index (χ3v) is 4.00. The topological polar surface area (TPSA) is 73.2 Å². The lowest BCUT2D eigenvalue weighted by Gasteiger charge is -2.18. The minimum Gasteiger partial charge on any atom is -0.467 e. The van der Waals surface area contributed by atoms with Crippen molar-refractivity contribution in [1.82, 2.24) is 15.1 Å². The van der Waals surface area contributed by atoms with E-state index in [1.807, 2.05) is 26.0 Å². The molecule has 1 amide bonds. The number of carbonyl (C=O) groups is 2. The Morgan fingerprint density at radius 3 is 2.48 bits per heavy atom. The highest BCUT2D eigenvalue weighted by atomic mass is 35.5. The van der Waals surface area contributed by atoms with Gasteiger partial charge < -0.3 is 10.1 Å². The van der Waals surface area contributed by atoms with Crippen LogP contribution in [0.15, 0.2) is 30.3 Å². The summed E-state index contributed by atoms with van der Waals surface area (Å²) in [6.07, 6.45) is 0.500. The van der Waals surface area contributed by atoms with Gasteiger partial charge in [-0.25, -0.2) is 4.79 Å². The first-order chi connectivity index (χ1) is 11.8. The van der Waals surface area contributed by atoms with Crippen LogP contribution in [0.4, 0.5) is 0 Å². The number of nitrogens with zero attached hydrogens (tertiary/aromatic N) is 2. The molecular formula is C18H22ClN3O3. The van der Waals surface area contributed by atoms with E-state index in [-0.39, 0.29) is 11.8 Å². The van der Waals surface area contributed by atoms with Crippen molar-refractivity contribution in [1.29, 1.82) is 0 Å². The van der Waals surface area contributed by atoms with E-state index in [1.165, 1.54) is 11.8 Å². The number of esters is 1. The fourth-order valence-electron chi connectivity index (χ4n) is 2.50. The first kappa shape index (κ1) is 19.0. The number of aryl methyl sites for hydroxylation is 1. The molecule has 2 aromatic rings. The Kier molecular flexibility index (Phi) is 6.20. The number of hydrogen-bond acceptors (Lipinski definition) is 4. The van der Waals surface area contributed by atoms with E-state index in [9.17, 15) is 9.59 Å². The fraction of sp³-hybridized carbons (Fsp3) is 0.389. The smallest absolute Gasteiger partial charge is 0.328 e. The molecule has 2 rings (SSSR count). The Labute approximate surface area is 152 Å². The lowest BCUT2D eigenvalue weighted by Crippen LogP contribution is -2.42. The molecule has 6 nitrogen and oxygen atoms in total. The van der Waals surface area contributed by atoms with Gasteiger partial charge in [-0.1, -0.05) is 37.6 Å². The monoisotopic (exact) mass is 363 g/mol. The van der Waals surface area contributed by atoms with Crippen molar-refractivity contribution in [2.75, 3.05) is 7.11 Å². The van der Waals surface area contributed by atoms with Gasteiger partial charge in [-0.05, 0) is 30.5 Å². The minimum atomic E-state index is -0.689. The molecule has 1 N–H and O–H groups in total. The van der Waals surface area contributed by atoms with Crippen LogP contribution in [-0.4, -0.2) is 34.8 Å². The van der Waals surface area contributed by atoms with E-state index >= 15 is 0 Å². The Hall–Kier alpha value is -2.34. The number of halogens is 1. The molecule has 0 saturated heterocycles. The lowest BCUT2D eigenvalue weighted by atomic mass is 10.0. The van der Waals surface area contributed by atoms with Crippen LogP contribution in [0.25, 0.3) is 11.3 Å². The summed E-state index contributed by atoms with van der Waals surface area (Å²) in [7, 11) is 2.99. The molecule has 1 heterocycles. The molecule has 0 bridgehead atoms. The van der Waals surface area contributed by atoms with Crippen LogP contribution in [0.3, 0.4) is 0 Å². The summed E-state index contributed by atoms with van der Waals surface area (Å²) in [5.74, 6) is -0.589. The van der Waals surface area contributed by atoms with Crippen LogP contribution in [0, 0.1) is 5.92 Å². The highest BCUT2D eigenvalue weighted by molar-refractivity contribution is 6.30. The van der Waals surface area contributed by atoms with Crippen molar-refractivity contribution in [3.05, 3.63) is 41.0 Å². The molecular weight excluding hydrogens is 342 g/mol. The number of carbonyl (C=O) groups excluding carboxylic acids is 2. The van der Waals surface area contributed by atoms with Crippen molar-refractivity contribution in [3.8, 4) is 11.3 Å². The first-order valence-corrected chi connectivity index (χ1v) is 8.38. The number of aromatic nitrogens is 2. The van der Waals surface area contributed by atoms with Gasteiger partial charge in [0.25, 0.3) is 5.91 Å². The standard InChI is InChI=1S/C18H22ClN3O3/c1-11(2)9-15(18(24)25-4)20-17(23)16-10-14(21-22(16)3)12-5-7-13(19)8-6-12/h5-8,10-11,15H,9H2,1-4H3,(H,20,23)/t15-/m0/s1. The molecule has 0 radical (unpaired) electrons. The maximum absolute atomic E-state index is 12.6. The number of ether oxygens (including phenoxy) is 1. The fourth-order valence-corrected chi connectivity index (χ4v) is 2.63. The molecule has 25 heavy (non-hydrogen) atoms. The Balaban J connectivity index is 2.21. The zero-order chi connectivity index (χ0) is 18.6. The van der Waals surface area contributed by atoms with Crippen molar-refractivity contribution < 1.29 is 14.3 Å². The second-order valence-electron chi connectivity index (χ2n) is 6.22. The number of methoxy groups -OCH3 is 1. The molecule has 1 aromatic heterocycles. The SMILES string of the molecule is COC(=O)[C@H](CC(C)C)NC(=O)c1cc(-c2ccc(Cl)cc2)nn1C. The predicted molar refractivity (Wildman–Crippen MR) is 96.4 cm³/mol. The summed E-state index contributed by atoms with van der Waals surface area (Å²) in [5, 5.41) is 7.73. The van der Waals surface area contributed by atoms with Crippen molar-refractivity contribution in [2.45, 2.75) is 26.3 Å². The zero-order valence-corrected chi connectivity index (χ0v) is 15.5. The summed E-state index contributed by atoms with van der Waals surface area (Å²) < 4.78 is 6.27. The number of benzene rings is 1. The van der Waals surface area contributed by atoms with Gasteiger partial charge in [-0.2, -0.15) is 5.10 Å². The molecule has 1 atom stereocenters. The Bertz CT molecular complexity index is 753. The van der Waals surface area contributed by atoms with Crippen LogP contribution >= 0.6 is 11.6 Å². The molecule has 134 valence electrons. The molecule has 1 aromatic carbocycles. The van der Waals surface area contributed by atoms with Crippen molar-refractivity contribution >= 4 is 23.5 Å². The van der Waals surface area contributed by atoms with E-state index in [1.54, 1.807) is 25.2 Å². The van der Waals surface area contributed by atoms with Crippen LogP contribution in [0.5, 0.6) is 0 Å². The van der Waals surface area contributed by atoms with E-state index in [0.717, 1.165) is 5.56 Å². The molecule has 0 saturated carbocycles. The van der Waals surface area contributed by atoms with Crippen LogP contribution in [0.2, 0.25) is 5.02 Å². The van der Waals surface area contributed by atoms with Crippen LogP contribution in [-0.2, 0) is 16.6 Å². The van der Waals surface area contributed by atoms with Crippen molar-refractivity contribution in [3.63, 3.8) is 0 Å². The highest BCUT2D eigenvalue weighted by Crippen LogP contribution is 2.21. The molecule has 0 fully saturated rings. The lowest BCUT2D eigenvalue weighted by molar-refractivity contribution is -0.143. The second kappa shape index (κ2) is 8.16. The van der Waals surface area contributed by atoms with Gasteiger partial charge in [0.15, 0.2) is 0 Å². The summed E-state index contributed by atoms with van der Waals surface area (Å²) >= 11 is 5.89. The van der Waals surface area contributed by atoms with Gasteiger partial charge in [0.2, 0.25) is 0 Å². The zero-order valence-electron chi connectivity index (χ0n) is 14.7. The predicted octanol–water partition coefficient (Wildman–Crippen LogP) is 3.06. The van der Waals surface area contributed by atoms with E-state index < -0.39 is 12.0 Å². The summed E-state index contributed by atoms with van der Waals surface area (Å²) in [4.78, 5) is 24.5. The normalized spacial score (nSPS) is 12.1. The number of hydrogen-bond donors (Lipinski definition) is 1. The maximum Gasteiger partial charge on any atom is 0.328 e. The maximum atomic E-state index is 12.6. The first-order valence-electron chi connectivity index (χ1n) is 8.00. The third kappa shape index (κ3) is 4.82. The van der Waals surface area contributed by atoms with E-state index in [2.05, 4.69) is 10.4 Å². The van der Waals surface area contributed by atoms with Gasteiger partial charge in [0, 0.05) is 17.6 Å². The van der Waals surface area contributed by atoms with Crippen LogP contribution in [0.1, 0.15) is 30.8 Å². The highest BCUT2D eigenvalue weighted by Gasteiger charge is 2.25. The Morgan fingerprint density at radius 1 is 1.28 bits per heavy atom. The van der Waals surface area contributed by atoms with Gasteiger partial charge in [-0.3, -0.25) is 9.48 Å². The number of rotatable bonds is 6. The third-order valence-electron chi connectivity index (χ3n) is 3.75. The quantitative estimate of drug-likeness (QED) is 0.800. The largest absolute Gasteiger partial charge is 0.467 e. The Morgan fingerprint density at radius 2 is 1.92 bits per heavy atom. The van der Waals surface area contributed by atoms with E-state index in [0.29, 0.717) is 22.8 Å². The summed E-state index contributed by atoms with van der Waals surface area (Å²) in [6.45, 7) is 3.95. The average molecular weight is 364 g/mol.